The van der Waals surface area contributed by atoms with Crippen molar-refractivity contribution in [2.24, 2.45) is 5.73 Å². The van der Waals surface area contributed by atoms with Crippen LogP contribution in [0.3, 0.4) is 0 Å². The molecule has 3 N–H and O–H groups in total. The van der Waals surface area contributed by atoms with Gasteiger partial charge in [0.15, 0.2) is 0 Å². The summed E-state index contributed by atoms with van der Waals surface area (Å²) in [7, 11) is 0. The highest BCUT2D eigenvalue weighted by Crippen LogP contribution is 2.25. The van der Waals surface area contributed by atoms with Crippen LogP contribution in [0, 0.1) is 5.82 Å². The lowest BCUT2D eigenvalue weighted by Crippen LogP contribution is -2.53. The number of carbonyl (C=O) groups excluding carboxylic acids is 2. The maximum absolute atomic E-state index is 14.0. The third-order valence-corrected chi connectivity index (χ3v) is 5.92. The van der Waals surface area contributed by atoms with E-state index in [2.05, 4.69) is 10.3 Å². The Hall–Kier alpha value is -3.58. The predicted molar refractivity (Wildman–Crippen MR) is 123 cm³/mol. The van der Waals surface area contributed by atoms with Crippen molar-refractivity contribution in [1.29, 1.82) is 0 Å². The molecule has 7 heteroatoms. The van der Waals surface area contributed by atoms with Gasteiger partial charge < -0.3 is 16.0 Å². The Labute approximate surface area is 192 Å². The zero-order valence-corrected chi connectivity index (χ0v) is 18.3. The maximum Gasteiger partial charge on any atom is 0.243 e. The van der Waals surface area contributed by atoms with E-state index in [0.29, 0.717) is 18.5 Å². The lowest BCUT2D eigenvalue weighted by atomic mass is 9.92. The molecule has 2 atom stereocenters. The number of fused-ring (bicyclic) bond motifs is 1. The number of pyridine rings is 1. The second-order valence-corrected chi connectivity index (χ2v) is 8.31. The molecule has 0 saturated heterocycles. The Bertz CT molecular complexity index is 1120. The first kappa shape index (κ1) is 22.6. The Kier molecular flexibility index (Phi) is 7.10. The number of hydrogen-bond acceptors (Lipinski definition) is 4. The van der Waals surface area contributed by atoms with Gasteiger partial charge in [-0.2, -0.15) is 0 Å². The number of rotatable bonds is 7. The fraction of sp³-hybridized carbons (Fsp3) is 0.269. The molecule has 2 amide bonds. The van der Waals surface area contributed by atoms with Gasteiger partial charge in [0.1, 0.15) is 11.9 Å². The lowest BCUT2D eigenvalue weighted by Gasteiger charge is -2.36. The zero-order chi connectivity index (χ0) is 23.2. The molecule has 170 valence electrons. The molecule has 1 unspecified atom stereocenters. The van der Waals surface area contributed by atoms with E-state index in [1.54, 1.807) is 29.3 Å². The van der Waals surface area contributed by atoms with Gasteiger partial charge in [-0.3, -0.25) is 14.6 Å². The minimum absolute atomic E-state index is 0.0283. The van der Waals surface area contributed by atoms with Crippen molar-refractivity contribution in [2.45, 2.75) is 44.4 Å². The predicted octanol–water partition coefficient (Wildman–Crippen LogP) is 2.75. The monoisotopic (exact) mass is 446 g/mol. The zero-order valence-electron chi connectivity index (χ0n) is 18.3. The minimum atomic E-state index is -0.642. The number of aromatic nitrogens is 1. The molecule has 33 heavy (non-hydrogen) atoms. The quantitative estimate of drug-likeness (QED) is 0.584. The van der Waals surface area contributed by atoms with Crippen molar-refractivity contribution in [2.75, 3.05) is 0 Å². The molecular weight excluding hydrogens is 419 g/mol. The van der Waals surface area contributed by atoms with Crippen LogP contribution in [0.1, 0.15) is 28.8 Å². The molecule has 2 heterocycles. The van der Waals surface area contributed by atoms with Gasteiger partial charge >= 0.3 is 0 Å². The third kappa shape index (κ3) is 5.62. The van der Waals surface area contributed by atoms with E-state index < -0.39 is 12.1 Å². The molecule has 2 aromatic carbocycles. The molecule has 0 saturated carbocycles. The summed E-state index contributed by atoms with van der Waals surface area (Å²) < 4.78 is 14.0. The lowest BCUT2D eigenvalue weighted by molar-refractivity contribution is -0.142. The summed E-state index contributed by atoms with van der Waals surface area (Å²) in [6.07, 6.45) is 2.38. The number of amides is 2. The van der Waals surface area contributed by atoms with Crippen LogP contribution in [0.5, 0.6) is 0 Å². The average Bonchev–Trinajstić information content (AvgIpc) is 2.83. The van der Waals surface area contributed by atoms with E-state index in [1.807, 2.05) is 42.5 Å². The number of carbonyl (C=O) groups is 2. The second kappa shape index (κ2) is 10.4. The van der Waals surface area contributed by atoms with E-state index in [4.69, 9.17) is 5.73 Å². The van der Waals surface area contributed by atoms with Gasteiger partial charge in [-0.1, -0.05) is 48.5 Å². The first-order valence-electron chi connectivity index (χ1n) is 11.0. The maximum atomic E-state index is 14.0. The normalized spacial score (nSPS) is 16.1. The van der Waals surface area contributed by atoms with Crippen molar-refractivity contribution in [3.8, 4) is 0 Å². The molecular formula is C26H27FN4O2. The van der Waals surface area contributed by atoms with Crippen molar-refractivity contribution < 1.29 is 14.0 Å². The number of nitrogens with one attached hydrogen (secondary N) is 1. The molecule has 3 aromatic rings. The Morgan fingerprint density at radius 3 is 2.55 bits per heavy atom. The number of benzene rings is 2. The third-order valence-electron chi connectivity index (χ3n) is 5.92. The molecule has 1 aromatic heterocycles. The van der Waals surface area contributed by atoms with Crippen LogP contribution in [0.15, 0.2) is 72.9 Å². The Morgan fingerprint density at radius 2 is 1.79 bits per heavy atom. The van der Waals surface area contributed by atoms with E-state index in [-0.39, 0.29) is 37.0 Å². The van der Waals surface area contributed by atoms with Crippen molar-refractivity contribution in [1.82, 2.24) is 15.2 Å². The van der Waals surface area contributed by atoms with Crippen molar-refractivity contribution in [3.05, 3.63) is 101 Å². The number of halogens is 1. The van der Waals surface area contributed by atoms with Crippen LogP contribution in [0.25, 0.3) is 0 Å². The summed E-state index contributed by atoms with van der Waals surface area (Å²) in [5.74, 6) is -0.781. The van der Waals surface area contributed by atoms with Crippen LogP contribution < -0.4 is 11.1 Å². The van der Waals surface area contributed by atoms with Gasteiger partial charge in [-0.25, -0.2) is 4.39 Å². The SMILES string of the molecule is NC(CC(=O)N1Cc2ccccc2C[C@H]1C(=O)NCc1ccccn1)Cc1ccccc1F. The van der Waals surface area contributed by atoms with Crippen LogP contribution >= 0.6 is 0 Å². The fourth-order valence-electron chi connectivity index (χ4n) is 4.18. The standard InChI is InChI=1S/C26H27FN4O2/c27-23-11-4-3-8-19(23)13-21(28)15-25(32)31-17-20-9-2-1-7-18(20)14-24(31)26(33)30-16-22-10-5-6-12-29-22/h1-12,21,24H,13-17,28H2,(H,30,33)/t21?,24-/m0/s1. The van der Waals surface area contributed by atoms with Gasteiger partial charge in [0.2, 0.25) is 11.8 Å². The fourth-order valence-corrected chi connectivity index (χ4v) is 4.18. The molecule has 0 radical (unpaired) electrons. The van der Waals surface area contributed by atoms with E-state index >= 15 is 0 Å². The molecule has 0 spiro atoms. The van der Waals surface area contributed by atoms with Gasteiger partial charge in [0.25, 0.3) is 0 Å². The Balaban J connectivity index is 1.47. The molecule has 4 rings (SSSR count). The smallest absolute Gasteiger partial charge is 0.243 e. The summed E-state index contributed by atoms with van der Waals surface area (Å²) >= 11 is 0. The molecule has 6 nitrogen and oxygen atoms in total. The highest BCUT2D eigenvalue weighted by atomic mass is 19.1. The van der Waals surface area contributed by atoms with Gasteiger partial charge in [0.05, 0.1) is 12.2 Å². The van der Waals surface area contributed by atoms with E-state index in [1.165, 1.54) is 6.07 Å². The van der Waals surface area contributed by atoms with Crippen molar-refractivity contribution >= 4 is 11.8 Å². The number of nitrogens with zero attached hydrogens (tertiary/aromatic N) is 2. The van der Waals surface area contributed by atoms with Crippen LogP contribution in [0.4, 0.5) is 4.39 Å². The summed E-state index contributed by atoms with van der Waals surface area (Å²) in [6.45, 7) is 0.621. The molecule has 0 bridgehead atoms. The number of hydrogen-bond donors (Lipinski definition) is 2. The van der Waals surface area contributed by atoms with Gasteiger partial charge in [-0.05, 0) is 41.3 Å². The van der Waals surface area contributed by atoms with Crippen LogP contribution in [-0.4, -0.2) is 33.8 Å². The highest BCUT2D eigenvalue weighted by molar-refractivity contribution is 5.88. The first-order valence-corrected chi connectivity index (χ1v) is 11.0. The first-order chi connectivity index (χ1) is 16.0. The largest absolute Gasteiger partial charge is 0.349 e. The molecule has 1 aliphatic heterocycles. The summed E-state index contributed by atoms with van der Waals surface area (Å²) in [5, 5.41) is 2.91. The van der Waals surface area contributed by atoms with Gasteiger partial charge in [-0.15, -0.1) is 0 Å². The minimum Gasteiger partial charge on any atom is -0.349 e. The second-order valence-electron chi connectivity index (χ2n) is 8.31. The highest BCUT2D eigenvalue weighted by Gasteiger charge is 2.34. The van der Waals surface area contributed by atoms with E-state index in [0.717, 1.165) is 16.8 Å². The summed E-state index contributed by atoms with van der Waals surface area (Å²) in [6, 6.07) is 18.5. The van der Waals surface area contributed by atoms with Crippen LogP contribution in [-0.2, 0) is 35.5 Å². The molecule has 0 aliphatic carbocycles. The topological polar surface area (TPSA) is 88.3 Å². The van der Waals surface area contributed by atoms with Crippen LogP contribution in [0.2, 0.25) is 0 Å². The summed E-state index contributed by atoms with van der Waals surface area (Å²) in [4.78, 5) is 32.2. The summed E-state index contributed by atoms with van der Waals surface area (Å²) in [5.41, 5.74) is 9.50. The number of nitrogens with two attached hydrogens (primary N) is 1. The molecule has 1 aliphatic rings. The average molecular weight is 447 g/mol. The van der Waals surface area contributed by atoms with Crippen molar-refractivity contribution in [3.63, 3.8) is 0 Å². The van der Waals surface area contributed by atoms with Gasteiger partial charge in [0, 0.05) is 31.6 Å². The molecule has 0 fully saturated rings. The Morgan fingerprint density at radius 1 is 1.06 bits per heavy atom. The van der Waals surface area contributed by atoms with E-state index in [9.17, 15) is 14.0 Å².